The molecular formula is C19H21N7O3S. The third-order valence-electron chi connectivity index (χ3n) is 4.79. The van der Waals surface area contributed by atoms with Crippen LogP contribution in [0.25, 0.3) is 5.78 Å². The van der Waals surface area contributed by atoms with Crippen LogP contribution in [-0.2, 0) is 10.0 Å². The number of aromatic nitrogens is 4. The predicted octanol–water partition coefficient (Wildman–Crippen LogP) is 1.81. The summed E-state index contributed by atoms with van der Waals surface area (Å²) in [5, 5.41) is 6.85. The van der Waals surface area contributed by atoms with Gasteiger partial charge in [0.1, 0.15) is 5.84 Å². The lowest BCUT2D eigenvalue weighted by Crippen LogP contribution is -2.20. The van der Waals surface area contributed by atoms with Crippen molar-refractivity contribution >= 4 is 33.2 Å². The molecule has 1 amide bonds. The van der Waals surface area contributed by atoms with E-state index in [2.05, 4.69) is 24.8 Å². The number of anilines is 1. The lowest BCUT2D eigenvalue weighted by Gasteiger charge is -2.11. The third-order valence-corrected chi connectivity index (χ3v) is 6.11. The molecule has 10 nitrogen and oxygen atoms in total. The lowest BCUT2D eigenvalue weighted by molar-refractivity contribution is 0.101. The lowest BCUT2D eigenvalue weighted by atomic mass is 10.3. The minimum absolute atomic E-state index is 0.0245. The van der Waals surface area contributed by atoms with Crippen LogP contribution in [0.5, 0.6) is 0 Å². The van der Waals surface area contributed by atoms with Gasteiger partial charge in [-0.05, 0) is 50.6 Å². The van der Waals surface area contributed by atoms with E-state index in [9.17, 15) is 13.2 Å². The van der Waals surface area contributed by atoms with Gasteiger partial charge >= 0.3 is 0 Å². The molecule has 3 heterocycles. The number of nitrogens with zero attached hydrogens (tertiary/aromatic N) is 6. The minimum atomic E-state index is -3.80. The van der Waals surface area contributed by atoms with E-state index < -0.39 is 15.9 Å². The van der Waals surface area contributed by atoms with Crippen LogP contribution in [0.2, 0.25) is 0 Å². The Morgan fingerprint density at radius 2 is 1.90 bits per heavy atom. The van der Waals surface area contributed by atoms with Gasteiger partial charge in [0, 0.05) is 37.1 Å². The SMILES string of the molecule is Cc1cc(C)n2nc(C(=O)Nc3ccc(S(=O)(=O)N=C4CCCN4C)cc3)nc2n1. The summed E-state index contributed by atoms with van der Waals surface area (Å²) in [4.78, 5) is 22.8. The number of likely N-dealkylation sites (tertiary alicyclic amines) is 1. The molecule has 0 unspecified atom stereocenters. The molecule has 3 aromatic rings. The highest BCUT2D eigenvalue weighted by atomic mass is 32.2. The summed E-state index contributed by atoms with van der Waals surface area (Å²) in [5.74, 6) is 0.365. The second-order valence-corrected chi connectivity index (χ2v) is 8.78. The van der Waals surface area contributed by atoms with Crippen molar-refractivity contribution in [3.05, 3.63) is 47.5 Å². The number of benzene rings is 1. The fourth-order valence-corrected chi connectivity index (χ4v) is 4.35. The third kappa shape index (κ3) is 3.88. The zero-order chi connectivity index (χ0) is 21.5. The Kier molecular flexibility index (Phi) is 4.98. The highest BCUT2D eigenvalue weighted by Gasteiger charge is 2.21. The second kappa shape index (κ2) is 7.48. The van der Waals surface area contributed by atoms with Crippen LogP contribution >= 0.6 is 0 Å². The molecule has 1 aliphatic rings. The van der Waals surface area contributed by atoms with Gasteiger partial charge in [-0.25, -0.2) is 9.50 Å². The number of nitrogens with one attached hydrogen (secondary N) is 1. The van der Waals surface area contributed by atoms with Gasteiger partial charge in [-0.1, -0.05) is 0 Å². The van der Waals surface area contributed by atoms with E-state index in [1.54, 1.807) is 0 Å². The van der Waals surface area contributed by atoms with Crippen LogP contribution in [-0.4, -0.2) is 58.2 Å². The summed E-state index contributed by atoms with van der Waals surface area (Å²) in [7, 11) is -1.98. The number of rotatable bonds is 4. The van der Waals surface area contributed by atoms with E-state index >= 15 is 0 Å². The van der Waals surface area contributed by atoms with Gasteiger partial charge in [0.15, 0.2) is 0 Å². The van der Waals surface area contributed by atoms with Crippen LogP contribution < -0.4 is 5.32 Å². The fourth-order valence-electron chi connectivity index (χ4n) is 3.26. The van der Waals surface area contributed by atoms with Crippen LogP contribution in [0.4, 0.5) is 5.69 Å². The van der Waals surface area contributed by atoms with Gasteiger partial charge in [-0.15, -0.1) is 9.50 Å². The van der Waals surface area contributed by atoms with E-state index in [1.807, 2.05) is 31.9 Å². The van der Waals surface area contributed by atoms with E-state index in [0.717, 1.165) is 24.4 Å². The highest BCUT2D eigenvalue weighted by Crippen LogP contribution is 2.19. The number of hydrogen-bond acceptors (Lipinski definition) is 6. The van der Waals surface area contributed by atoms with Crippen molar-refractivity contribution in [3.8, 4) is 0 Å². The summed E-state index contributed by atoms with van der Waals surface area (Å²) < 4.78 is 30.5. The van der Waals surface area contributed by atoms with E-state index in [1.165, 1.54) is 28.8 Å². The van der Waals surface area contributed by atoms with E-state index in [4.69, 9.17) is 0 Å². The Balaban J connectivity index is 1.52. The number of amidine groups is 1. The maximum absolute atomic E-state index is 12.5. The van der Waals surface area contributed by atoms with Crippen LogP contribution in [0, 0.1) is 13.8 Å². The first-order valence-electron chi connectivity index (χ1n) is 9.40. The molecule has 0 bridgehead atoms. The van der Waals surface area contributed by atoms with Crippen LogP contribution in [0.1, 0.15) is 34.8 Å². The standard InChI is InChI=1S/C19H21N7O3S/c1-12-11-13(2)26-19(20-12)22-17(23-26)18(27)21-14-6-8-15(9-7-14)30(28,29)24-16-5-4-10-25(16)3/h6-9,11H,4-5,10H2,1-3H3,(H,21,27). The fraction of sp³-hybridized carbons (Fsp3) is 0.316. The highest BCUT2D eigenvalue weighted by molar-refractivity contribution is 7.90. The molecule has 0 spiro atoms. The Hall–Kier alpha value is -3.34. The molecule has 1 fully saturated rings. The molecule has 0 radical (unpaired) electrons. The molecular weight excluding hydrogens is 406 g/mol. The summed E-state index contributed by atoms with van der Waals surface area (Å²) in [6.45, 7) is 4.49. The van der Waals surface area contributed by atoms with Gasteiger partial charge in [-0.3, -0.25) is 4.79 Å². The molecule has 2 aromatic heterocycles. The van der Waals surface area contributed by atoms with Crippen molar-refractivity contribution in [2.75, 3.05) is 18.9 Å². The first-order chi connectivity index (χ1) is 14.2. The number of carbonyl (C=O) groups is 1. The quantitative estimate of drug-likeness (QED) is 0.674. The molecule has 1 saturated heterocycles. The Morgan fingerprint density at radius 3 is 2.57 bits per heavy atom. The first kappa shape index (κ1) is 20.0. The second-order valence-electron chi connectivity index (χ2n) is 7.17. The van der Waals surface area contributed by atoms with Gasteiger partial charge < -0.3 is 10.2 Å². The van der Waals surface area contributed by atoms with Gasteiger partial charge in [0.2, 0.25) is 5.82 Å². The number of fused-ring (bicyclic) bond motifs is 1. The molecule has 4 rings (SSSR count). The maximum Gasteiger partial charge on any atom is 0.295 e. The summed E-state index contributed by atoms with van der Waals surface area (Å²) in [6.07, 6.45) is 1.53. The molecule has 0 aliphatic carbocycles. The Labute approximate surface area is 173 Å². The number of sulfonamides is 1. The molecule has 0 atom stereocenters. The van der Waals surface area contributed by atoms with Gasteiger partial charge in [0.25, 0.3) is 21.7 Å². The summed E-state index contributed by atoms with van der Waals surface area (Å²) >= 11 is 0. The molecule has 0 saturated carbocycles. The Morgan fingerprint density at radius 1 is 1.17 bits per heavy atom. The normalized spacial score (nSPS) is 15.8. The van der Waals surface area contributed by atoms with Crippen molar-refractivity contribution in [1.82, 2.24) is 24.5 Å². The number of carbonyl (C=O) groups excluding carboxylic acids is 1. The largest absolute Gasteiger partial charge is 0.362 e. The number of aryl methyl sites for hydroxylation is 2. The molecule has 1 aliphatic heterocycles. The molecule has 1 N–H and O–H groups in total. The zero-order valence-electron chi connectivity index (χ0n) is 16.8. The molecule has 11 heteroatoms. The zero-order valence-corrected chi connectivity index (χ0v) is 17.6. The van der Waals surface area contributed by atoms with Crippen molar-refractivity contribution in [2.45, 2.75) is 31.6 Å². The van der Waals surface area contributed by atoms with Crippen molar-refractivity contribution in [3.63, 3.8) is 0 Å². The summed E-state index contributed by atoms with van der Waals surface area (Å²) in [6, 6.07) is 7.68. The van der Waals surface area contributed by atoms with E-state index in [-0.39, 0.29) is 10.7 Å². The van der Waals surface area contributed by atoms with Crippen LogP contribution in [0.15, 0.2) is 39.6 Å². The maximum atomic E-state index is 12.5. The smallest absolute Gasteiger partial charge is 0.295 e. The van der Waals surface area contributed by atoms with Gasteiger partial charge in [0.05, 0.1) is 4.90 Å². The average molecular weight is 427 g/mol. The topological polar surface area (TPSA) is 122 Å². The predicted molar refractivity (Wildman–Crippen MR) is 111 cm³/mol. The molecule has 156 valence electrons. The minimum Gasteiger partial charge on any atom is -0.362 e. The first-order valence-corrected chi connectivity index (χ1v) is 10.8. The van der Waals surface area contributed by atoms with Crippen molar-refractivity contribution in [2.24, 2.45) is 4.40 Å². The summed E-state index contributed by atoms with van der Waals surface area (Å²) in [5.41, 5.74) is 2.01. The molecule has 1 aromatic carbocycles. The van der Waals surface area contributed by atoms with Crippen molar-refractivity contribution < 1.29 is 13.2 Å². The van der Waals surface area contributed by atoms with Crippen LogP contribution in [0.3, 0.4) is 0 Å². The monoisotopic (exact) mass is 427 g/mol. The number of amides is 1. The Bertz CT molecular complexity index is 1260. The van der Waals surface area contributed by atoms with E-state index in [0.29, 0.717) is 23.7 Å². The van der Waals surface area contributed by atoms with Crippen molar-refractivity contribution in [1.29, 1.82) is 0 Å². The van der Waals surface area contributed by atoms with Gasteiger partial charge in [-0.2, -0.15) is 13.4 Å². The average Bonchev–Trinajstić information content (AvgIpc) is 3.28. The number of hydrogen-bond donors (Lipinski definition) is 1. The molecule has 30 heavy (non-hydrogen) atoms.